The number of amides is 2. The molecule has 37 heavy (non-hydrogen) atoms. The van der Waals surface area contributed by atoms with E-state index < -0.39 is 6.04 Å². The highest BCUT2D eigenvalue weighted by molar-refractivity contribution is 5.98. The summed E-state index contributed by atoms with van der Waals surface area (Å²) in [7, 11) is 3.57. The highest BCUT2D eigenvalue weighted by Crippen LogP contribution is 2.33. The number of aromatic nitrogens is 3. The number of aliphatic imine (C=N–C) groups is 1. The number of nitrogens with one attached hydrogen (secondary N) is 4. The smallest absolute Gasteiger partial charge is 0.273 e. The van der Waals surface area contributed by atoms with Gasteiger partial charge in [-0.05, 0) is 29.8 Å². The van der Waals surface area contributed by atoms with Crippen LogP contribution in [-0.4, -0.2) is 64.8 Å². The number of fused-ring (bicyclic) bond motifs is 4. The van der Waals surface area contributed by atoms with Crippen LogP contribution in [0.3, 0.4) is 0 Å². The Bertz CT molecular complexity index is 1530. The van der Waals surface area contributed by atoms with Gasteiger partial charge in [-0.1, -0.05) is 18.2 Å². The molecule has 0 bridgehead atoms. The summed E-state index contributed by atoms with van der Waals surface area (Å²) in [5.41, 5.74) is 7.07. The van der Waals surface area contributed by atoms with Crippen LogP contribution in [0.4, 0.5) is 17.1 Å². The van der Waals surface area contributed by atoms with E-state index in [1.165, 1.54) is 0 Å². The summed E-state index contributed by atoms with van der Waals surface area (Å²) in [5, 5.41) is 14.2. The molecule has 2 amide bonds. The van der Waals surface area contributed by atoms with E-state index in [2.05, 4.69) is 47.8 Å². The predicted molar refractivity (Wildman–Crippen MR) is 144 cm³/mol. The molecule has 0 radical (unpaired) electrons. The molecule has 1 atom stereocenters. The lowest BCUT2D eigenvalue weighted by Gasteiger charge is -2.34. The van der Waals surface area contributed by atoms with Crippen LogP contribution in [0.2, 0.25) is 0 Å². The van der Waals surface area contributed by atoms with E-state index in [1.54, 1.807) is 18.1 Å². The number of anilines is 2. The number of likely N-dealkylation sites (N-methyl/N-ethyl adjacent to an activating group) is 1. The third-order valence-electron chi connectivity index (χ3n) is 7.19. The molecule has 188 valence electrons. The molecule has 10 nitrogen and oxygen atoms in total. The SMILES string of the molecule is CNC(=O)[C@H]1Cc2c([nH]c3ccccc23)CN1C(=O)c1[nH]ncc1CN(C)c1ccc2c(c1)NCC=N2. The van der Waals surface area contributed by atoms with Crippen molar-refractivity contribution in [2.45, 2.75) is 25.6 Å². The number of para-hydroxylation sites is 1. The van der Waals surface area contributed by atoms with E-state index in [0.29, 0.717) is 31.7 Å². The maximum atomic E-state index is 13.9. The number of rotatable bonds is 5. The molecule has 0 unspecified atom stereocenters. The van der Waals surface area contributed by atoms with Gasteiger partial charge >= 0.3 is 0 Å². The van der Waals surface area contributed by atoms with E-state index in [4.69, 9.17) is 0 Å². The molecule has 4 N–H and O–H groups in total. The van der Waals surface area contributed by atoms with Gasteiger partial charge in [0.05, 0.1) is 30.7 Å². The number of carbonyl (C=O) groups excluding carboxylic acids is 2. The summed E-state index contributed by atoms with van der Waals surface area (Å²) in [6.45, 7) is 1.48. The lowest BCUT2D eigenvalue weighted by Crippen LogP contribution is -2.52. The summed E-state index contributed by atoms with van der Waals surface area (Å²) in [4.78, 5) is 38.3. The summed E-state index contributed by atoms with van der Waals surface area (Å²) in [6.07, 6.45) is 3.97. The second-order valence-electron chi connectivity index (χ2n) is 9.42. The third kappa shape index (κ3) is 4.00. The fourth-order valence-electron chi connectivity index (χ4n) is 5.24. The fourth-order valence-corrected chi connectivity index (χ4v) is 5.24. The van der Waals surface area contributed by atoms with E-state index in [-0.39, 0.29) is 11.8 Å². The maximum Gasteiger partial charge on any atom is 0.273 e. The van der Waals surface area contributed by atoms with E-state index in [1.807, 2.05) is 43.6 Å². The maximum absolute atomic E-state index is 13.9. The molecule has 2 aromatic carbocycles. The molecule has 0 spiro atoms. The standard InChI is InChI=1S/C27H28N8O2/c1-28-26(36)24-12-19-18-5-3-4-6-20(18)32-23(19)15-35(24)27(37)25-16(13-31-33-25)14-34(2)17-7-8-21-22(11-17)30-10-9-29-21/h3-9,11,13,24,30,32H,10,12,14-15H2,1-2H3,(H,28,36)(H,31,33)/t24-/m1/s1. The van der Waals surface area contributed by atoms with Gasteiger partial charge in [0.15, 0.2) is 0 Å². The van der Waals surface area contributed by atoms with E-state index in [0.717, 1.165) is 44.8 Å². The average molecular weight is 497 g/mol. The Morgan fingerprint density at radius 1 is 1.22 bits per heavy atom. The van der Waals surface area contributed by atoms with Crippen LogP contribution in [0.1, 0.15) is 27.3 Å². The third-order valence-corrected chi connectivity index (χ3v) is 7.19. The number of carbonyl (C=O) groups is 2. The van der Waals surface area contributed by atoms with Crippen LogP contribution in [0.15, 0.2) is 53.7 Å². The lowest BCUT2D eigenvalue weighted by molar-refractivity contribution is -0.125. The van der Waals surface area contributed by atoms with Crippen molar-refractivity contribution in [1.82, 2.24) is 25.4 Å². The Morgan fingerprint density at radius 2 is 2.08 bits per heavy atom. The molecule has 0 fully saturated rings. The van der Waals surface area contributed by atoms with Gasteiger partial charge in [0.2, 0.25) is 5.91 Å². The molecule has 2 aliphatic rings. The summed E-state index contributed by atoms with van der Waals surface area (Å²) < 4.78 is 0. The molecular formula is C27H28N8O2. The van der Waals surface area contributed by atoms with Crippen LogP contribution < -0.4 is 15.5 Å². The number of hydrogen-bond donors (Lipinski definition) is 4. The Balaban J connectivity index is 1.28. The largest absolute Gasteiger partial charge is 0.378 e. The predicted octanol–water partition coefficient (Wildman–Crippen LogP) is 2.97. The van der Waals surface area contributed by atoms with Gasteiger partial charge in [-0.15, -0.1) is 0 Å². The molecule has 0 saturated carbocycles. The van der Waals surface area contributed by atoms with Gasteiger partial charge in [0, 0.05) is 61.1 Å². The molecule has 0 aliphatic carbocycles. The van der Waals surface area contributed by atoms with Crippen molar-refractivity contribution in [2.24, 2.45) is 4.99 Å². The summed E-state index contributed by atoms with van der Waals surface area (Å²) in [6, 6.07) is 13.4. The summed E-state index contributed by atoms with van der Waals surface area (Å²) in [5.74, 6) is -0.438. The second-order valence-corrected chi connectivity index (χ2v) is 9.42. The van der Waals surface area contributed by atoms with Gasteiger partial charge in [0.1, 0.15) is 11.7 Å². The van der Waals surface area contributed by atoms with Crippen molar-refractivity contribution in [3.8, 4) is 0 Å². The first-order chi connectivity index (χ1) is 18.0. The first kappa shape index (κ1) is 22.8. The van der Waals surface area contributed by atoms with Crippen molar-refractivity contribution >= 4 is 46.0 Å². The highest BCUT2D eigenvalue weighted by atomic mass is 16.2. The second kappa shape index (κ2) is 9.12. The van der Waals surface area contributed by atoms with Crippen LogP contribution in [0.5, 0.6) is 0 Å². The zero-order valence-corrected chi connectivity index (χ0v) is 20.7. The zero-order chi connectivity index (χ0) is 25.5. The normalized spacial score (nSPS) is 16.2. The van der Waals surface area contributed by atoms with Gasteiger partial charge in [0.25, 0.3) is 5.91 Å². The highest BCUT2D eigenvalue weighted by Gasteiger charge is 2.37. The number of benzene rings is 2. The molecule has 2 aliphatic heterocycles. The minimum absolute atomic E-state index is 0.188. The number of nitrogens with zero attached hydrogens (tertiary/aromatic N) is 4. The number of hydrogen-bond acceptors (Lipinski definition) is 6. The van der Waals surface area contributed by atoms with E-state index in [9.17, 15) is 9.59 Å². The molecule has 4 aromatic rings. The minimum atomic E-state index is -0.620. The topological polar surface area (TPSA) is 122 Å². The van der Waals surface area contributed by atoms with Crippen LogP contribution in [0, 0.1) is 0 Å². The number of H-pyrrole nitrogens is 2. The van der Waals surface area contributed by atoms with Crippen molar-refractivity contribution < 1.29 is 9.59 Å². The minimum Gasteiger partial charge on any atom is -0.378 e. The average Bonchev–Trinajstić information content (AvgIpc) is 3.55. The van der Waals surface area contributed by atoms with Crippen molar-refractivity contribution in [2.75, 3.05) is 30.9 Å². The van der Waals surface area contributed by atoms with Gasteiger partial charge in [-0.3, -0.25) is 19.7 Å². The Labute approximate surface area is 213 Å². The van der Waals surface area contributed by atoms with Crippen molar-refractivity contribution in [1.29, 1.82) is 0 Å². The molecule has 6 rings (SSSR count). The molecule has 4 heterocycles. The van der Waals surface area contributed by atoms with Gasteiger partial charge < -0.3 is 25.4 Å². The monoisotopic (exact) mass is 496 g/mol. The van der Waals surface area contributed by atoms with Gasteiger partial charge in [-0.2, -0.15) is 5.10 Å². The molecule has 0 saturated heterocycles. The zero-order valence-electron chi connectivity index (χ0n) is 20.7. The Morgan fingerprint density at radius 3 is 2.95 bits per heavy atom. The van der Waals surface area contributed by atoms with Gasteiger partial charge in [-0.25, -0.2) is 0 Å². The van der Waals surface area contributed by atoms with Crippen LogP contribution in [0.25, 0.3) is 10.9 Å². The molecular weight excluding hydrogens is 468 g/mol. The van der Waals surface area contributed by atoms with Crippen molar-refractivity contribution in [3.05, 3.63) is 71.2 Å². The first-order valence-electron chi connectivity index (χ1n) is 12.3. The quantitative estimate of drug-likeness (QED) is 0.339. The molecule has 10 heteroatoms. The Hall–Kier alpha value is -4.60. The van der Waals surface area contributed by atoms with Crippen LogP contribution in [-0.2, 0) is 24.3 Å². The number of aromatic amines is 2. The Kier molecular flexibility index (Phi) is 5.63. The molecule has 2 aromatic heterocycles. The van der Waals surface area contributed by atoms with Crippen LogP contribution >= 0.6 is 0 Å². The first-order valence-corrected chi connectivity index (χ1v) is 12.3. The summed E-state index contributed by atoms with van der Waals surface area (Å²) >= 11 is 0. The van der Waals surface area contributed by atoms with E-state index >= 15 is 0 Å². The fraction of sp³-hybridized carbons (Fsp3) is 0.259. The van der Waals surface area contributed by atoms with Crippen molar-refractivity contribution in [3.63, 3.8) is 0 Å². The lowest BCUT2D eigenvalue weighted by atomic mass is 9.95.